The zero-order valence-corrected chi connectivity index (χ0v) is 9.65. The van der Waals surface area contributed by atoms with E-state index in [4.69, 9.17) is 5.26 Å². The van der Waals surface area contributed by atoms with Crippen LogP contribution in [0.5, 0.6) is 0 Å². The maximum atomic E-state index is 11.9. The Morgan fingerprint density at radius 1 is 1.18 bits per heavy atom. The van der Waals surface area contributed by atoms with Gasteiger partial charge in [0.05, 0.1) is 11.6 Å². The molecule has 0 unspecified atom stereocenters. The molecule has 1 amide bonds. The first-order valence-electron chi connectivity index (χ1n) is 5.86. The van der Waals surface area contributed by atoms with Gasteiger partial charge in [-0.25, -0.2) is 5.01 Å². The number of piperidine rings is 1. The first-order chi connectivity index (χ1) is 8.29. The number of rotatable bonds is 2. The molecule has 0 spiro atoms. The van der Waals surface area contributed by atoms with Crippen molar-refractivity contribution in [2.45, 2.75) is 19.3 Å². The summed E-state index contributed by atoms with van der Waals surface area (Å²) in [4.78, 5) is 11.9. The highest BCUT2D eigenvalue weighted by molar-refractivity contribution is 5.93. The lowest BCUT2D eigenvalue weighted by atomic mass is 10.1. The third-order valence-corrected chi connectivity index (χ3v) is 2.89. The number of nitriles is 1. The molecule has 1 fully saturated rings. The maximum absolute atomic E-state index is 11.9. The van der Waals surface area contributed by atoms with Gasteiger partial charge in [-0.2, -0.15) is 5.26 Å². The van der Waals surface area contributed by atoms with E-state index in [1.165, 1.54) is 6.42 Å². The molecule has 1 N–H and O–H groups in total. The molecule has 17 heavy (non-hydrogen) atoms. The lowest BCUT2D eigenvalue weighted by Gasteiger charge is -2.26. The number of benzene rings is 1. The molecule has 1 saturated heterocycles. The number of amides is 1. The van der Waals surface area contributed by atoms with Gasteiger partial charge in [-0.15, -0.1) is 0 Å². The standard InChI is InChI=1S/C13H15N3O/c14-10-11-4-6-12(7-5-11)13(17)15-16-8-2-1-3-9-16/h4-7H,1-3,8-9H2,(H,15,17). The van der Waals surface area contributed by atoms with Crippen molar-refractivity contribution in [1.82, 2.24) is 10.4 Å². The summed E-state index contributed by atoms with van der Waals surface area (Å²) in [5.41, 5.74) is 4.05. The Hall–Kier alpha value is -1.86. The van der Waals surface area contributed by atoms with E-state index >= 15 is 0 Å². The summed E-state index contributed by atoms with van der Waals surface area (Å²) in [6.45, 7) is 1.84. The fourth-order valence-corrected chi connectivity index (χ4v) is 1.91. The Kier molecular flexibility index (Phi) is 3.73. The van der Waals surface area contributed by atoms with Crippen molar-refractivity contribution in [3.63, 3.8) is 0 Å². The highest BCUT2D eigenvalue weighted by Crippen LogP contribution is 2.08. The van der Waals surface area contributed by atoms with Gasteiger partial charge in [-0.05, 0) is 37.1 Å². The van der Waals surface area contributed by atoms with Crippen LogP contribution in [0.15, 0.2) is 24.3 Å². The van der Waals surface area contributed by atoms with Gasteiger partial charge < -0.3 is 0 Å². The molecule has 1 aromatic rings. The molecule has 4 nitrogen and oxygen atoms in total. The van der Waals surface area contributed by atoms with Crippen molar-refractivity contribution in [1.29, 1.82) is 5.26 Å². The molecule has 0 radical (unpaired) electrons. The summed E-state index contributed by atoms with van der Waals surface area (Å²) < 4.78 is 0. The molecule has 1 aromatic carbocycles. The highest BCUT2D eigenvalue weighted by Gasteiger charge is 2.13. The van der Waals surface area contributed by atoms with Gasteiger partial charge >= 0.3 is 0 Å². The second-order valence-corrected chi connectivity index (χ2v) is 4.18. The Morgan fingerprint density at radius 2 is 1.82 bits per heavy atom. The van der Waals surface area contributed by atoms with Crippen LogP contribution >= 0.6 is 0 Å². The smallest absolute Gasteiger partial charge is 0.265 e. The minimum absolute atomic E-state index is 0.101. The van der Waals surface area contributed by atoms with E-state index in [9.17, 15) is 4.79 Å². The largest absolute Gasteiger partial charge is 0.285 e. The lowest BCUT2D eigenvalue weighted by molar-refractivity contribution is 0.0750. The molecular weight excluding hydrogens is 214 g/mol. The Bertz CT molecular complexity index is 427. The van der Waals surface area contributed by atoms with Crippen molar-refractivity contribution in [3.05, 3.63) is 35.4 Å². The van der Waals surface area contributed by atoms with Crippen LogP contribution in [0, 0.1) is 11.3 Å². The first kappa shape index (κ1) is 11.6. The van der Waals surface area contributed by atoms with E-state index in [0.717, 1.165) is 25.9 Å². The first-order valence-corrected chi connectivity index (χ1v) is 5.86. The number of carbonyl (C=O) groups excluding carboxylic acids is 1. The normalized spacial score (nSPS) is 16.2. The highest BCUT2D eigenvalue weighted by atomic mass is 16.2. The second-order valence-electron chi connectivity index (χ2n) is 4.18. The summed E-state index contributed by atoms with van der Waals surface area (Å²) in [6.07, 6.45) is 3.50. The van der Waals surface area contributed by atoms with Gasteiger partial charge in [0, 0.05) is 18.7 Å². The van der Waals surface area contributed by atoms with E-state index in [1.54, 1.807) is 24.3 Å². The van der Waals surface area contributed by atoms with Crippen LogP contribution in [0.4, 0.5) is 0 Å². The number of nitrogens with one attached hydrogen (secondary N) is 1. The maximum Gasteiger partial charge on any atom is 0.265 e. The summed E-state index contributed by atoms with van der Waals surface area (Å²) in [6, 6.07) is 8.70. The van der Waals surface area contributed by atoms with Crippen molar-refractivity contribution in [2.75, 3.05) is 13.1 Å². The molecule has 0 aliphatic carbocycles. The van der Waals surface area contributed by atoms with Crippen LogP contribution in [-0.4, -0.2) is 24.0 Å². The van der Waals surface area contributed by atoms with Gasteiger partial charge in [-0.1, -0.05) is 6.42 Å². The minimum atomic E-state index is -0.101. The van der Waals surface area contributed by atoms with Crippen molar-refractivity contribution < 1.29 is 4.79 Å². The van der Waals surface area contributed by atoms with Crippen LogP contribution in [0.1, 0.15) is 35.2 Å². The van der Waals surface area contributed by atoms with E-state index in [-0.39, 0.29) is 5.91 Å². The van der Waals surface area contributed by atoms with Crippen LogP contribution in [-0.2, 0) is 0 Å². The third kappa shape index (κ3) is 3.05. The SMILES string of the molecule is N#Cc1ccc(C(=O)NN2CCCCC2)cc1. The second kappa shape index (κ2) is 5.46. The predicted octanol–water partition coefficient (Wildman–Crippen LogP) is 1.69. The van der Waals surface area contributed by atoms with Gasteiger partial charge in [0.1, 0.15) is 0 Å². The van der Waals surface area contributed by atoms with E-state index in [0.29, 0.717) is 11.1 Å². The fourth-order valence-electron chi connectivity index (χ4n) is 1.91. The Labute approximate surface area is 101 Å². The van der Waals surface area contributed by atoms with Gasteiger partial charge in [0.2, 0.25) is 0 Å². The van der Waals surface area contributed by atoms with Crippen LogP contribution in [0.3, 0.4) is 0 Å². The summed E-state index contributed by atoms with van der Waals surface area (Å²) in [5.74, 6) is -0.101. The molecule has 88 valence electrons. The van der Waals surface area contributed by atoms with Crippen molar-refractivity contribution >= 4 is 5.91 Å². The van der Waals surface area contributed by atoms with E-state index in [2.05, 4.69) is 5.43 Å². The molecule has 0 aromatic heterocycles. The van der Waals surface area contributed by atoms with Crippen molar-refractivity contribution in [2.24, 2.45) is 0 Å². The number of carbonyl (C=O) groups is 1. The number of hydrogen-bond acceptors (Lipinski definition) is 3. The van der Waals surface area contributed by atoms with E-state index < -0.39 is 0 Å². The monoisotopic (exact) mass is 229 g/mol. The molecule has 1 heterocycles. The molecule has 0 bridgehead atoms. The topological polar surface area (TPSA) is 56.1 Å². The van der Waals surface area contributed by atoms with Gasteiger partial charge in [0.25, 0.3) is 5.91 Å². The summed E-state index contributed by atoms with van der Waals surface area (Å²) in [5, 5.41) is 10.6. The number of hydrogen-bond donors (Lipinski definition) is 1. The van der Waals surface area contributed by atoms with Crippen LogP contribution < -0.4 is 5.43 Å². The average molecular weight is 229 g/mol. The quantitative estimate of drug-likeness (QED) is 0.839. The van der Waals surface area contributed by atoms with Gasteiger partial charge in [-0.3, -0.25) is 10.2 Å². The summed E-state index contributed by atoms with van der Waals surface area (Å²) in [7, 11) is 0. The molecule has 0 saturated carbocycles. The minimum Gasteiger partial charge on any atom is -0.285 e. The molecule has 0 atom stereocenters. The Morgan fingerprint density at radius 3 is 2.41 bits per heavy atom. The summed E-state index contributed by atoms with van der Waals surface area (Å²) >= 11 is 0. The zero-order valence-electron chi connectivity index (χ0n) is 9.65. The number of hydrazine groups is 1. The number of nitrogens with zero attached hydrogens (tertiary/aromatic N) is 2. The molecule has 1 aliphatic rings. The van der Waals surface area contributed by atoms with Gasteiger partial charge in [0.15, 0.2) is 0 Å². The zero-order chi connectivity index (χ0) is 12.1. The average Bonchev–Trinajstić information content (AvgIpc) is 2.40. The van der Waals surface area contributed by atoms with Crippen molar-refractivity contribution in [3.8, 4) is 6.07 Å². The Balaban J connectivity index is 1.96. The van der Waals surface area contributed by atoms with Crippen LogP contribution in [0.25, 0.3) is 0 Å². The predicted molar refractivity (Wildman–Crippen MR) is 64.0 cm³/mol. The molecule has 2 rings (SSSR count). The molecule has 4 heteroatoms. The fraction of sp³-hybridized carbons (Fsp3) is 0.385. The molecule has 1 aliphatic heterocycles. The van der Waals surface area contributed by atoms with E-state index in [1.807, 2.05) is 11.1 Å². The lowest BCUT2D eigenvalue weighted by Crippen LogP contribution is -2.45. The molecular formula is C13H15N3O. The van der Waals surface area contributed by atoms with Crippen LogP contribution in [0.2, 0.25) is 0 Å². The third-order valence-electron chi connectivity index (χ3n) is 2.89.